The number of ether oxygens (including phenoxy) is 2. The van der Waals surface area contributed by atoms with Crippen LogP contribution in [-0.2, 0) is 11.3 Å². The van der Waals surface area contributed by atoms with Crippen LogP contribution in [0.4, 0.5) is 10.1 Å². The van der Waals surface area contributed by atoms with E-state index < -0.39 is 0 Å². The van der Waals surface area contributed by atoms with Crippen LogP contribution in [0.3, 0.4) is 0 Å². The minimum Gasteiger partial charge on any atom is -0.494 e. The fraction of sp³-hybridized carbons (Fsp3) is 0.400. The number of nitrogens with one attached hydrogen (secondary N) is 1. The molecule has 6 heteroatoms. The van der Waals surface area contributed by atoms with Crippen LogP contribution in [0.5, 0.6) is 5.75 Å². The minimum absolute atomic E-state index is 0.0135. The Bertz CT molecular complexity index is 586. The molecule has 0 saturated heterocycles. The van der Waals surface area contributed by atoms with Crippen LogP contribution in [0.2, 0.25) is 0 Å². The molecule has 0 amide bonds. The van der Waals surface area contributed by atoms with E-state index in [-0.39, 0.29) is 17.6 Å². The fourth-order valence-corrected chi connectivity index (χ4v) is 2.02. The normalized spacial score (nSPS) is 12.2. The molecule has 0 aliphatic heterocycles. The molecule has 0 aliphatic carbocycles. The second-order valence-electron chi connectivity index (χ2n) is 4.74. The molecule has 1 aromatic carbocycles. The molecular formula is C15H20FN3O2. The number of aromatic nitrogens is 2. The van der Waals surface area contributed by atoms with E-state index >= 15 is 0 Å². The standard InChI is InChI=1S/C15H20FN3O2/c1-11(12-4-5-14(16)15(8-12)21-3)18-13-9-17-19(10-13)6-7-20-2/h4-5,8-11,18H,6-7H2,1-3H3. The van der Waals surface area contributed by atoms with Gasteiger partial charge in [-0.2, -0.15) is 5.10 Å². The van der Waals surface area contributed by atoms with E-state index in [0.29, 0.717) is 13.2 Å². The predicted octanol–water partition coefficient (Wildman–Crippen LogP) is 2.85. The monoisotopic (exact) mass is 293 g/mol. The maximum Gasteiger partial charge on any atom is 0.165 e. The van der Waals surface area contributed by atoms with Crippen LogP contribution in [0.25, 0.3) is 0 Å². The minimum atomic E-state index is -0.360. The predicted molar refractivity (Wildman–Crippen MR) is 79.1 cm³/mol. The molecule has 1 N–H and O–H groups in total. The molecule has 1 atom stereocenters. The van der Waals surface area contributed by atoms with Gasteiger partial charge in [-0.25, -0.2) is 4.39 Å². The Kier molecular flexibility index (Phi) is 5.16. The fourth-order valence-electron chi connectivity index (χ4n) is 2.02. The summed E-state index contributed by atoms with van der Waals surface area (Å²) in [6, 6.07) is 4.86. The largest absolute Gasteiger partial charge is 0.494 e. The zero-order valence-electron chi connectivity index (χ0n) is 12.5. The molecule has 0 fully saturated rings. The van der Waals surface area contributed by atoms with Gasteiger partial charge >= 0.3 is 0 Å². The average Bonchev–Trinajstić information content (AvgIpc) is 2.93. The van der Waals surface area contributed by atoms with Gasteiger partial charge in [0.25, 0.3) is 0 Å². The lowest BCUT2D eigenvalue weighted by atomic mass is 10.1. The first-order chi connectivity index (χ1) is 10.1. The Morgan fingerprint density at radius 3 is 2.90 bits per heavy atom. The van der Waals surface area contributed by atoms with E-state index in [1.807, 2.05) is 17.8 Å². The summed E-state index contributed by atoms with van der Waals surface area (Å²) in [5.74, 6) is -0.113. The van der Waals surface area contributed by atoms with Gasteiger partial charge in [-0.15, -0.1) is 0 Å². The third-order valence-electron chi connectivity index (χ3n) is 3.22. The molecule has 114 valence electrons. The zero-order chi connectivity index (χ0) is 15.2. The van der Waals surface area contributed by atoms with E-state index in [4.69, 9.17) is 9.47 Å². The first kappa shape index (κ1) is 15.3. The molecule has 1 aromatic heterocycles. The Balaban J connectivity index is 2.03. The number of benzene rings is 1. The topological polar surface area (TPSA) is 48.3 Å². The first-order valence-corrected chi connectivity index (χ1v) is 6.75. The van der Waals surface area contributed by atoms with E-state index in [9.17, 15) is 4.39 Å². The molecule has 0 aliphatic rings. The summed E-state index contributed by atoms with van der Waals surface area (Å²) in [7, 11) is 3.12. The van der Waals surface area contributed by atoms with Crippen molar-refractivity contribution in [3.8, 4) is 5.75 Å². The summed E-state index contributed by atoms with van der Waals surface area (Å²) in [4.78, 5) is 0. The van der Waals surface area contributed by atoms with Crippen molar-refractivity contribution in [2.75, 3.05) is 26.1 Å². The number of halogens is 1. The molecule has 2 aromatic rings. The maximum atomic E-state index is 13.4. The number of hydrogen-bond donors (Lipinski definition) is 1. The molecule has 1 heterocycles. The van der Waals surface area contributed by atoms with Gasteiger partial charge in [-0.05, 0) is 24.6 Å². The van der Waals surface area contributed by atoms with E-state index in [1.54, 1.807) is 25.4 Å². The molecule has 0 bridgehead atoms. The van der Waals surface area contributed by atoms with Gasteiger partial charge in [0.15, 0.2) is 11.6 Å². The maximum absolute atomic E-state index is 13.4. The highest BCUT2D eigenvalue weighted by Gasteiger charge is 2.10. The van der Waals surface area contributed by atoms with Gasteiger partial charge in [0, 0.05) is 19.3 Å². The Morgan fingerprint density at radius 1 is 1.38 bits per heavy atom. The van der Waals surface area contributed by atoms with E-state index in [1.165, 1.54) is 13.2 Å². The molecular weight excluding hydrogens is 273 g/mol. The molecule has 21 heavy (non-hydrogen) atoms. The molecule has 1 unspecified atom stereocenters. The Labute approximate surface area is 123 Å². The lowest BCUT2D eigenvalue weighted by molar-refractivity contribution is 0.183. The van der Waals surface area contributed by atoms with Gasteiger partial charge in [-0.1, -0.05) is 6.07 Å². The van der Waals surface area contributed by atoms with Crippen LogP contribution >= 0.6 is 0 Å². The third-order valence-corrected chi connectivity index (χ3v) is 3.22. The summed E-state index contributed by atoms with van der Waals surface area (Å²) >= 11 is 0. The van der Waals surface area contributed by atoms with Gasteiger partial charge in [0.1, 0.15) is 0 Å². The summed E-state index contributed by atoms with van der Waals surface area (Å²) in [5.41, 5.74) is 1.85. The highest BCUT2D eigenvalue weighted by Crippen LogP contribution is 2.24. The van der Waals surface area contributed by atoms with Crippen molar-refractivity contribution >= 4 is 5.69 Å². The SMILES string of the molecule is COCCn1cc(NC(C)c2ccc(F)c(OC)c2)cn1. The Morgan fingerprint density at radius 2 is 2.19 bits per heavy atom. The van der Waals surface area contributed by atoms with Gasteiger partial charge in [0.2, 0.25) is 0 Å². The number of anilines is 1. The number of methoxy groups -OCH3 is 2. The van der Waals surface area contributed by atoms with Gasteiger partial charge < -0.3 is 14.8 Å². The van der Waals surface area contributed by atoms with Crippen LogP contribution < -0.4 is 10.1 Å². The second kappa shape index (κ2) is 7.08. The van der Waals surface area contributed by atoms with Crippen molar-refractivity contribution in [2.45, 2.75) is 19.5 Å². The molecule has 0 spiro atoms. The quantitative estimate of drug-likeness (QED) is 0.853. The van der Waals surface area contributed by atoms with Crippen molar-refractivity contribution in [2.24, 2.45) is 0 Å². The van der Waals surface area contributed by atoms with Crippen molar-refractivity contribution in [3.05, 3.63) is 42.0 Å². The van der Waals surface area contributed by atoms with Crippen LogP contribution in [0.1, 0.15) is 18.5 Å². The smallest absolute Gasteiger partial charge is 0.165 e. The van der Waals surface area contributed by atoms with Crippen LogP contribution in [-0.4, -0.2) is 30.6 Å². The summed E-state index contributed by atoms with van der Waals surface area (Å²) < 4.78 is 25.2. The summed E-state index contributed by atoms with van der Waals surface area (Å²) in [6.07, 6.45) is 3.67. The summed E-state index contributed by atoms with van der Waals surface area (Å²) in [6.45, 7) is 3.32. The molecule has 0 radical (unpaired) electrons. The Hall–Kier alpha value is -2.08. The molecule has 2 rings (SSSR count). The van der Waals surface area contributed by atoms with E-state index in [2.05, 4.69) is 10.4 Å². The van der Waals surface area contributed by atoms with Crippen molar-refractivity contribution in [3.63, 3.8) is 0 Å². The number of nitrogens with zero attached hydrogens (tertiary/aromatic N) is 2. The highest BCUT2D eigenvalue weighted by molar-refractivity contribution is 5.43. The van der Waals surface area contributed by atoms with Crippen LogP contribution in [0, 0.1) is 5.82 Å². The molecule has 5 nitrogen and oxygen atoms in total. The van der Waals surface area contributed by atoms with Crippen LogP contribution in [0.15, 0.2) is 30.6 Å². The van der Waals surface area contributed by atoms with E-state index in [0.717, 1.165) is 11.3 Å². The number of rotatable bonds is 7. The first-order valence-electron chi connectivity index (χ1n) is 6.75. The van der Waals surface area contributed by atoms with Gasteiger partial charge in [-0.3, -0.25) is 4.68 Å². The summed E-state index contributed by atoms with van der Waals surface area (Å²) in [5, 5.41) is 7.56. The van der Waals surface area contributed by atoms with Crippen molar-refractivity contribution in [1.29, 1.82) is 0 Å². The molecule has 0 saturated carbocycles. The second-order valence-corrected chi connectivity index (χ2v) is 4.74. The van der Waals surface area contributed by atoms with Gasteiger partial charge in [0.05, 0.1) is 32.1 Å². The third kappa shape index (κ3) is 3.95. The van der Waals surface area contributed by atoms with Crippen molar-refractivity contribution < 1.29 is 13.9 Å². The lowest BCUT2D eigenvalue weighted by Crippen LogP contribution is -2.07. The number of hydrogen-bond acceptors (Lipinski definition) is 4. The average molecular weight is 293 g/mol. The lowest BCUT2D eigenvalue weighted by Gasteiger charge is -2.15. The highest BCUT2D eigenvalue weighted by atomic mass is 19.1. The zero-order valence-corrected chi connectivity index (χ0v) is 12.5. The van der Waals surface area contributed by atoms with Crippen molar-refractivity contribution in [1.82, 2.24) is 9.78 Å².